The highest BCUT2D eigenvalue weighted by Crippen LogP contribution is 2.27. The lowest BCUT2D eigenvalue weighted by Gasteiger charge is -2.20. The molecule has 2 N–H and O–H groups in total. The van der Waals surface area contributed by atoms with Crippen LogP contribution in [0.4, 0.5) is 5.69 Å². The summed E-state index contributed by atoms with van der Waals surface area (Å²) in [6.45, 7) is 0.932. The van der Waals surface area contributed by atoms with E-state index in [4.69, 9.17) is 0 Å². The van der Waals surface area contributed by atoms with Crippen molar-refractivity contribution in [2.45, 2.75) is 25.7 Å². The van der Waals surface area contributed by atoms with Gasteiger partial charge in [-0.15, -0.1) is 0 Å². The minimum Gasteiger partial charge on any atom is -0.299 e. The Labute approximate surface area is 106 Å². The van der Waals surface area contributed by atoms with Crippen LogP contribution in [0.5, 0.6) is 0 Å². The van der Waals surface area contributed by atoms with Crippen molar-refractivity contribution in [3.05, 3.63) is 29.3 Å². The molecule has 1 heterocycles. The van der Waals surface area contributed by atoms with Crippen LogP contribution in [-0.4, -0.2) is 17.5 Å². The van der Waals surface area contributed by atoms with Crippen molar-refractivity contribution in [1.29, 1.82) is 0 Å². The molecule has 0 unspecified atom stereocenters. The summed E-state index contributed by atoms with van der Waals surface area (Å²) < 4.78 is 0. The first kappa shape index (κ1) is 11.0. The van der Waals surface area contributed by atoms with Crippen LogP contribution in [0.2, 0.25) is 0 Å². The smallest absolute Gasteiger partial charge is 0.175 e. The number of hydrazine groups is 1. The molecular formula is C13H17N3S. The van der Waals surface area contributed by atoms with Crippen molar-refractivity contribution in [2.75, 3.05) is 17.7 Å². The lowest BCUT2D eigenvalue weighted by atomic mass is 9.91. The van der Waals surface area contributed by atoms with Crippen LogP contribution < -0.4 is 10.9 Å². The molecule has 0 saturated carbocycles. The van der Waals surface area contributed by atoms with Crippen LogP contribution in [0.3, 0.4) is 0 Å². The molecule has 0 fully saturated rings. The van der Waals surface area contributed by atoms with E-state index in [1.54, 1.807) is 11.8 Å². The van der Waals surface area contributed by atoms with Crippen molar-refractivity contribution in [3.8, 4) is 0 Å². The van der Waals surface area contributed by atoms with Crippen molar-refractivity contribution >= 4 is 22.6 Å². The Kier molecular flexibility index (Phi) is 3.22. The molecule has 0 spiro atoms. The third-order valence-corrected chi connectivity index (χ3v) is 4.18. The van der Waals surface area contributed by atoms with Gasteiger partial charge in [0.25, 0.3) is 0 Å². The van der Waals surface area contributed by atoms with E-state index in [2.05, 4.69) is 34.0 Å². The molecule has 1 aliphatic carbocycles. The molecule has 0 aromatic heterocycles. The second-order valence-electron chi connectivity index (χ2n) is 4.44. The number of aryl methyl sites for hydroxylation is 1. The maximum Gasteiger partial charge on any atom is 0.175 e. The average molecular weight is 247 g/mol. The summed E-state index contributed by atoms with van der Waals surface area (Å²) in [4.78, 5) is 4.37. The quantitative estimate of drug-likeness (QED) is 0.789. The fourth-order valence-electron chi connectivity index (χ4n) is 2.43. The number of hydrogen-bond donors (Lipinski definition) is 2. The monoisotopic (exact) mass is 247 g/mol. The van der Waals surface area contributed by atoms with Crippen LogP contribution in [0.25, 0.3) is 0 Å². The molecule has 17 heavy (non-hydrogen) atoms. The van der Waals surface area contributed by atoms with Gasteiger partial charge in [0.2, 0.25) is 0 Å². The Morgan fingerprint density at radius 2 is 2.06 bits per heavy atom. The number of rotatable bonds is 2. The zero-order valence-electron chi connectivity index (χ0n) is 9.83. The van der Waals surface area contributed by atoms with Gasteiger partial charge < -0.3 is 0 Å². The fraction of sp³-hybridized carbons (Fsp3) is 0.462. The highest BCUT2D eigenvalue weighted by molar-refractivity contribution is 8.14. The molecule has 1 aliphatic heterocycles. The third kappa shape index (κ3) is 2.41. The molecule has 90 valence electrons. The molecule has 2 aliphatic rings. The predicted molar refractivity (Wildman–Crippen MR) is 74.6 cm³/mol. The lowest BCUT2D eigenvalue weighted by Crippen LogP contribution is -2.27. The average Bonchev–Trinajstić information content (AvgIpc) is 2.89. The molecule has 0 bridgehead atoms. The summed E-state index contributed by atoms with van der Waals surface area (Å²) >= 11 is 1.78. The molecule has 0 radical (unpaired) electrons. The van der Waals surface area contributed by atoms with E-state index >= 15 is 0 Å². The van der Waals surface area contributed by atoms with Gasteiger partial charge in [0.15, 0.2) is 5.17 Å². The first-order valence-electron chi connectivity index (χ1n) is 6.23. The second kappa shape index (κ2) is 5.00. The summed E-state index contributed by atoms with van der Waals surface area (Å²) in [5.74, 6) is 1.09. The van der Waals surface area contributed by atoms with Gasteiger partial charge in [-0.05, 0) is 42.9 Å². The second-order valence-corrected chi connectivity index (χ2v) is 5.52. The topological polar surface area (TPSA) is 36.4 Å². The highest BCUT2D eigenvalue weighted by Gasteiger charge is 2.13. The zero-order valence-corrected chi connectivity index (χ0v) is 10.6. The molecule has 1 aromatic rings. The Bertz CT molecular complexity index is 442. The van der Waals surface area contributed by atoms with Crippen molar-refractivity contribution in [3.63, 3.8) is 0 Å². The molecule has 0 saturated heterocycles. The number of nitrogens with zero attached hydrogens (tertiary/aromatic N) is 1. The number of amidine groups is 1. The summed E-state index contributed by atoms with van der Waals surface area (Å²) in [6, 6.07) is 6.54. The maximum atomic E-state index is 4.37. The molecule has 4 heteroatoms. The first-order valence-corrected chi connectivity index (χ1v) is 7.22. The first-order chi connectivity index (χ1) is 8.43. The zero-order chi connectivity index (χ0) is 11.5. The summed E-state index contributed by atoms with van der Waals surface area (Å²) in [5, 5.41) is 1.01. The van der Waals surface area contributed by atoms with Crippen molar-refractivity contribution in [2.24, 2.45) is 4.99 Å². The van der Waals surface area contributed by atoms with Crippen molar-refractivity contribution in [1.82, 2.24) is 5.43 Å². The summed E-state index contributed by atoms with van der Waals surface area (Å²) in [6.07, 6.45) is 5.05. The minimum atomic E-state index is 0.932. The van der Waals surface area contributed by atoms with E-state index in [0.717, 1.165) is 17.5 Å². The van der Waals surface area contributed by atoms with Crippen LogP contribution in [0.15, 0.2) is 23.2 Å². The molecular weight excluding hydrogens is 230 g/mol. The largest absolute Gasteiger partial charge is 0.299 e. The molecule has 3 nitrogen and oxygen atoms in total. The molecule has 0 atom stereocenters. The molecule has 0 amide bonds. The Hall–Kier alpha value is -1.16. The van der Waals surface area contributed by atoms with Crippen LogP contribution in [-0.2, 0) is 12.8 Å². The van der Waals surface area contributed by atoms with Gasteiger partial charge >= 0.3 is 0 Å². The van der Waals surface area contributed by atoms with Gasteiger partial charge in [0, 0.05) is 5.75 Å². The molecule has 3 rings (SSSR count). The Balaban J connectivity index is 1.73. The van der Waals surface area contributed by atoms with E-state index in [1.165, 1.54) is 42.5 Å². The predicted octanol–water partition coefficient (Wildman–Crippen LogP) is 2.58. The number of nitrogens with one attached hydrogen (secondary N) is 2. The number of thioether (sulfide) groups is 1. The van der Waals surface area contributed by atoms with Gasteiger partial charge in [0.05, 0.1) is 12.2 Å². The Morgan fingerprint density at radius 3 is 2.94 bits per heavy atom. The fourth-order valence-corrected chi connectivity index (χ4v) is 3.11. The minimum absolute atomic E-state index is 0.932. The van der Waals surface area contributed by atoms with Crippen molar-refractivity contribution < 1.29 is 0 Å². The SMILES string of the molecule is c1cc2c(c(NNC3=NCCS3)c1)CCCC2. The number of benzene rings is 1. The number of hydrogen-bond acceptors (Lipinski definition) is 4. The van der Waals surface area contributed by atoms with Gasteiger partial charge in [-0.3, -0.25) is 15.8 Å². The van der Waals surface area contributed by atoms with Crippen LogP contribution in [0.1, 0.15) is 24.0 Å². The normalized spacial score (nSPS) is 18.5. The van der Waals surface area contributed by atoms with Gasteiger partial charge in [-0.25, -0.2) is 0 Å². The van der Waals surface area contributed by atoms with Gasteiger partial charge in [-0.1, -0.05) is 23.9 Å². The van der Waals surface area contributed by atoms with E-state index < -0.39 is 0 Å². The molecule has 1 aromatic carbocycles. The van der Waals surface area contributed by atoms with E-state index in [0.29, 0.717) is 0 Å². The van der Waals surface area contributed by atoms with Gasteiger partial charge in [0.1, 0.15) is 0 Å². The number of aliphatic imine (C=N–C) groups is 1. The van der Waals surface area contributed by atoms with E-state index in [-0.39, 0.29) is 0 Å². The third-order valence-electron chi connectivity index (χ3n) is 3.29. The number of fused-ring (bicyclic) bond motifs is 1. The standard InChI is InChI=1S/C13H17N3S/c1-2-6-11-10(4-1)5-3-7-12(11)15-16-13-14-8-9-17-13/h3,5,7,15H,1-2,4,6,8-9H2,(H,14,16). The maximum absolute atomic E-state index is 4.37. The van der Waals surface area contributed by atoms with E-state index in [9.17, 15) is 0 Å². The van der Waals surface area contributed by atoms with Crippen LogP contribution >= 0.6 is 11.8 Å². The summed E-state index contributed by atoms with van der Waals surface area (Å²) in [7, 11) is 0. The number of anilines is 1. The lowest BCUT2D eigenvalue weighted by molar-refractivity contribution is 0.686. The summed E-state index contributed by atoms with van der Waals surface area (Å²) in [5.41, 5.74) is 10.7. The van der Waals surface area contributed by atoms with Gasteiger partial charge in [-0.2, -0.15) is 0 Å². The Morgan fingerprint density at radius 1 is 1.12 bits per heavy atom. The highest BCUT2D eigenvalue weighted by atomic mass is 32.2. The van der Waals surface area contributed by atoms with Crippen LogP contribution in [0, 0.1) is 0 Å². The van der Waals surface area contributed by atoms with E-state index in [1.807, 2.05) is 0 Å².